The third kappa shape index (κ3) is 5.66. The number of aliphatic hydroxyl groups excluding tert-OH is 1. The molecule has 4 nitrogen and oxygen atoms in total. The van der Waals surface area contributed by atoms with Crippen LogP contribution in [0.5, 0.6) is 0 Å². The maximum Gasteiger partial charge on any atom is 0.250 e. The lowest BCUT2D eigenvalue weighted by atomic mass is 9.93. The lowest BCUT2D eigenvalue weighted by Gasteiger charge is -2.28. The molecule has 0 fully saturated rings. The monoisotopic (exact) mass is 365 g/mol. The summed E-state index contributed by atoms with van der Waals surface area (Å²) >= 11 is 6.82. The Bertz CT molecular complexity index is 583. The zero-order valence-electron chi connectivity index (χ0n) is 13.1. The first kappa shape index (κ1) is 19.6. The van der Waals surface area contributed by atoms with E-state index in [9.17, 15) is 13.5 Å². The molecule has 3 atom stereocenters. The Morgan fingerprint density at radius 2 is 2.05 bits per heavy atom. The number of hydrogen-bond acceptors (Lipinski definition) is 4. The first-order valence-corrected chi connectivity index (χ1v) is 10.1. The molecule has 0 aromatic carbocycles. The van der Waals surface area contributed by atoms with Gasteiger partial charge in [0.15, 0.2) is 0 Å². The standard InChI is InChI=1S/C15H24ClNO3S2/c1-4-6-7-8-12(18)15(11(3)5-2)17-22(19,20)14-10-9-13(16)21-14/h6-7,9-12,15,17-18H,4-5,8H2,1-3H3/b7-6+/t11-,12+,15+/m0/s1. The molecule has 1 rings (SSSR count). The van der Waals surface area contributed by atoms with Crippen molar-refractivity contribution in [3.8, 4) is 0 Å². The second kappa shape index (κ2) is 9.03. The molecular weight excluding hydrogens is 342 g/mol. The Morgan fingerprint density at radius 3 is 2.55 bits per heavy atom. The molecule has 0 unspecified atom stereocenters. The van der Waals surface area contributed by atoms with E-state index < -0.39 is 22.2 Å². The van der Waals surface area contributed by atoms with Gasteiger partial charge in [0.05, 0.1) is 16.5 Å². The third-order valence-electron chi connectivity index (χ3n) is 3.56. The minimum Gasteiger partial charge on any atom is -0.391 e. The number of rotatable bonds is 9. The second-order valence-corrected chi connectivity index (χ2v) is 8.93. The summed E-state index contributed by atoms with van der Waals surface area (Å²) in [5.74, 6) is 0.0234. The lowest BCUT2D eigenvalue weighted by molar-refractivity contribution is 0.114. The molecule has 0 saturated carbocycles. The van der Waals surface area contributed by atoms with E-state index in [0.29, 0.717) is 10.8 Å². The minimum atomic E-state index is -3.67. The molecule has 0 spiro atoms. The van der Waals surface area contributed by atoms with Gasteiger partial charge < -0.3 is 5.11 Å². The van der Waals surface area contributed by atoms with E-state index >= 15 is 0 Å². The molecule has 1 aromatic heterocycles. The van der Waals surface area contributed by atoms with Gasteiger partial charge in [0, 0.05) is 0 Å². The fourth-order valence-electron chi connectivity index (χ4n) is 2.06. The Kier molecular flexibility index (Phi) is 8.07. The number of halogens is 1. The summed E-state index contributed by atoms with van der Waals surface area (Å²) in [7, 11) is -3.67. The maximum absolute atomic E-state index is 12.4. The van der Waals surface area contributed by atoms with Crippen LogP contribution in [-0.4, -0.2) is 25.7 Å². The van der Waals surface area contributed by atoms with Crippen molar-refractivity contribution in [1.29, 1.82) is 0 Å². The quantitative estimate of drug-likeness (QED) is 0.654. The highest BCUT2D eigenvalue weighted by Gasteiger charge is 2.29. The molecule has 0 radical (unpaired) electrons. The van der Waals surface area contributed by atoms with Crippen molar-refractivity contribution >= 4 is 33.0 Å². The van der Waals surface area contributed by atoms with Gasteiger partial charge in [-0.05, 0) is 30.9 Å². The van der Waals surface area contributed by atoms with Gasteiger partial charge in [-0.3, -0.25) is 0 Å². The lowest BCUT2D eigenvalue weighted by Crippen LogP contribution is -2.47. The normalized spacial score (nSPS) is 16.8. The predicted octanol–water partition coefficient (Wildman–Crippen LogP) is 3.81. The van der Waals surface area contributed by atoms with Crippen LogP contribution < -0.4 is 4.72 Å². The highest BCUT2D eigenvalue weighted by atomic mass is 35.5. The van der Waals surface area contributed by atoms with E-state index in [4.69, 9.17) is 11.6 Å². The average molecular weight is 366 g/mol. The van der Waals surface area contributed by atoms with Crippen LogP contribution in [0, 0.1) is 5.92 Å². The molecule has 1 heterocycles. The Hall–Kier alpha value is -0.400. The van der Waals surface area contributed by atoms with E-state index in [-0.39, 0.29) is 10.1 Å². The van der Waals surface area contributed by atoms with Gasteiger partial charge >= 0.3 is 0 Å². The highest BCUT2D eigenvalue weighted by Crippen LogP contribution is 2.26. The van der Waals surface area contributed by atoms with Crippen LogP contribution in [0.1, 0.15) is 40.0 Å². The van der Waals surface area contributed by atoms with Crippen LogP contribution in [0.25, 0.3) is 0 Å². The van der Waals surface area contributed by atoms with E-state index in [1.807, 2.05) is 32.9 Å². The first-order chi connectivity index (χ1) is 10.3. The molecular formula is C15H24ClNO3S2. The van der Waals surface area contributed by atoms with Crippen molar-refractivity contribution in [3.63, 3.8) is 0 Å². The van der Waals surface area contributed by atoms with Crippen LogP contribution in [0.15, 0.2) is 28.5 Å². The smallest absolute Gasteiger partial charge is 0.250 e. The van der Waals surface area contributed by atoms with Crippen LogP contribution >= 0.6 is 22.9 Å². The average Bonchev–Trinajstić information content (AvgIpc) is 2.91. The molecule has 0 bridgehead atoms. The Balaban J connectivity index is 2.91. The van der Waals surface area contributed by atoms with Gasteiger partial charge in [-0.1, -0.05) is 50.9 Å². The third-order valence-corrected chi connectivity index (χ3v) is 6.74. The molecule has 0 amide bonds. The molecule has 7 heteroatoms. The molecule has 0 aliphatic heterocycles. The van der Waals surface area contributed by atoms with Crippen molar-refractivity contribution in [2.24, 2.45) is 5.92 Å². The summed E-state index contributed by atoms with van der Waals surface area (Å²) < 4.78 is 28.1. The SMILES string of the molecule is CC/C=C/C[C@@H](O)[C@H](NS(=O)(=O)c1ccc(Cl)s1)[C@@H](C)CC. The fraction of sp³-hybridized carbons (Fsp3) is 0.600. The second-order valence-electron chi connectivity index (χ2n) is 5.27. The molecule has 126 valence electrons. The predicted molar refractivity (Wildman–Crippen MR) is 92.9 cm³/mol. The van der Waals surface area contributed by atoms with E-state index in [2.05, 4.69) is 4.72 Å². The van der Waals surface area contributed by atoms with Crippen molar-refractivity contribution in [2.75, 3.05) is 0 Å². The van der Waals surface area contributed by atoms with Crippen LogP contribution in [0.2, 0.25) is 4.34 Å². The number of thiophene rings is 1. The van der Waals surface area contributed by atoms with E-state index in [1.165, 1.54) is 6.07 Å². The minimum absolute atomic E-state index is 0.0234. The molecule has 0 aliphatic rings. The van der Waals surface area contributed by atoms with Crippen LogP contribution in [0.4, 0.5) is 0 Å². The number of allylic oxidation sites excluding steroid dienone is 1. The van der Waals surface area contributed by atoms with E-state index in [1.54, 1.807) is 6.07 Å². The summed E-state index contributed by atoms with van der Waals surface area (Å²) in [5, 5.41) is 10.4. The van der Waals surface area contributed by atoms with Crippen LogP contribution in [-0.2, 0) is 10.0 Å². The summed E-state index contributed by atoms with van der Waals surface area (Å²) in [6.45, 7) is 5.92. The molecule has 22 heavy (non-hydrogen) atoms. The summed E-state index contributed by atoms with van der Waals surface area (Å²) in [6.07, 6.45) is 5.17. The molecule has 2 N–H and O–H groups in total. The summed E-state index contributed by atoms with van der Waals surface area (Å²) in [4.78, 5) is 0. The van der Waals surface area contributed by atoms with Gasteiger partial charge in [0.1, 0.15) is 4.21 Å². The molecule has 1 aromatic rings. The van der Waals surface area contributed by atoms with Crippen molar-refractivity contribution in [2.45, 2.75) is 56.4 Å². The van der Waals surface area contributed by atoms with Crippen molar-refractivity contribution in [3.05, 3.63) is 28.6 Å². The Morgan fingerprint density at radius 1 is 1.36 bits per heavy atom. The maximum atomic E-state index is 12.4. The van der Waals surface area contributed by atoms with Gasteiger partial charge in [-0.2, -0.15) is 0 Å². The zero-order chi connectivity index (χ0) is 16.8. The number of sulfonamides is 1. The summed E-state index contributed by atoms with van der Waals surface area (Å²) in [6, 6.07) is 2.50. The van der Waals surface area contributed by atoms with Gasteiger partial charge in [0.25, 0.3) is 0 Å². The number of nitrogens with one attached hydrogen (secondary N) is 1. The first-order valence-electron chi connectivity index (χ1n) is 7.42. The zero-order valence-corrected chi connectivity index (χ0v) is 15.5. The Labute approximate surface area is 142 Å². The summed E-state index contributed by atoms with van der Waals surface area (Å²) in [5.41, 5.74) is 0. The van der Waals surface area contributed by atoms with E-state index in [0.717, 1.165) is 24.2 Å². The highest BCUT2D eigenvalue weighted by molar-refractivity contribution is 7.91. The van der Waals surface area contributed by atoms with Gasteiger partial charge in [-0.15, -0.1) is 11.3 Å². The fourth-order valence-corrected chi connectivity index (χ4v) is 4.93. The molecule has 0 aliphatic carbocycles. The van der Waals surface area contributed by atoms with Gasteiger partial charge in [-0.25, -0.2) is 13.1 Å². The topological polar surface area (TPSA) is 66.4 Å². The molecule has 0 saturated heterocycles. The number of aliphatic hydroxyl groups is 1. The largest absolute Gasteiger partial charge is 0.391 e. The number of hydrogen-bond donors (Lipinski definition) is 2. The van der Waals surface area contributed by atoms with Crippen molar-refractivity contribution in [1.82, 2.24) is 4.72 Å². The van der Waals surface area contributed by atoms with Crippen molar-refractivity contribution < 1.29 is 13.5 Å². The van der Waals surface area contributed by atoms with Gasteiger partial charge in [0.2, 0.25) is 10.0 Å². The van der Waals surface area contributed by atoms with Crippen LogP contribution in [0.3, 0.4) is 0 Å².